The Labute approximate surface area is 85.5 Å². The second-order valence-electron chi connectivity index (χ2n) is 2.47. The van der Waals surface area contributed by atoms with Crippen LogP contribution in [0.3, 0.4) is 0 Å². The number of halogens is 10. The predicted molar refractivity (Wildman–Crippen MR) is 30.6 cm³/mol. The van der Waals surface area contributed by atoms with Crippen molar-refractivity contribution >= 4 is 5.78 Å². The molecule has 2 N–H and O–H groups in total. The lowest BCUT2D eigenvalue weighted by atomic mass is 10.1. The molecule has 0 aromatic heterocycles. The summed E-state index contributed by atoms with van der Waals surface area (Å²) in [5, 5.41) is 0. The molecule has 0 aromatic rings. The zero-order valence-corrected chi connectivity index (χ0v) is 7.19. The van der Waals surface area contributed by atoms with E-state index in [0.29, 0.717) is 0 Å². The smallest absolute Gasteiger partial charge is 0.412 e. The number of rotatable bonds is 2. The Morgan fingerprint density at radius 3 is 0.882 bits per heavy atom. The second kappa shape index (κ2) is 4.31. The Hall–Kier alpha value is -1.07. The lowest BCUT2D eigenvalue weighted by Gasteiger charge is -2.24. The number of hydrogen-bond donors (Lipinski definition) is 0. The predicted octanol–water partition coefficient (Wildman–Crippen LogP) is 2.13. The fraction of sp³-hybridized carbons (Fsp3) is 0.800. The minimum atomic E-state index is -6.82. The van der Waals surface area contributed by atoms with Gasteiger partial charge in [-0.05, 0) is 0 Å². The minimum Gasteiger partial charge on any atom is -0.412 e. The molecule has 12 heteroatoms. The third-order valence-electron chi connectivity index (χ3n) is 1.28. The van der Waals surface area contributed by atoms with Gasteiger partial charge in [-0.15, -0.1) is 0 Å². The summed E-state index contributed by atoms with van der Waals surface area (Å²) in [6.45, 7) is 0. The van der Waals surface area contributed by atoms with Gasteiger partial charge in [-0.3, -0.25) is 4.79 Å². The summed E-state index contributed by atoms with van der Waals surface area (Å²) in [6, 6.07) is 0. The first-order chi connectivity index (χ1) is 6.65. The first kappa shape index (κ1) is 18.3. The summed E-state index contributed by atoms with van der Waals surface area (Å²) in [5.41, 5.74) is 0. The first-order valence-corrected chi connectivity index (χ1v) is 3.09. The maximum Gasteiger partial charge on any atom is 0.461 e. The number of alkyl halides is 10. The number of carbonyl (C=O) groups is 1. The van der Waals surface area contributed by atoms with E-state index in [0.717, 1.165) is 0 Å². The number of ketones is 1. The SMILES string of the molecule is O.O=C(C(F)(F)C(F)(F)F)C(F)(F)C(F)(F)F. The molecule has 104 valence electrons. The molecule has 0 aromatic carbocycles. The van der Waals surface area contributed by atoms with Gasteiger partial charge in [0.25, 0.3) is 5.78 Å². The third kappa shape index (κ3) is 2.98. The van der Waals surface area contributed by atoms with E-state index in [1.54, 1.807) is 0 Å². The number of hydrogen-bond acceptors (Lipinski definition) is 1. The van der Waals surface area contributed by atoms with E-state index in [1.165, 1.54) is 0 Å². The van der Waals surface area contributed by atoms with E-state index >= 15 is 0 Å². The monoisotopic (exact) mass is 284 g/mol. The normalized spacial score (nSPS) is 14.2. The van der Waals surface area contributed by atoms with Crippen molar-refractivity contribution in [2.45, 2.75) is 24.2 Å². The van der Waals surface area contributed by atoms with Crippen LogP contribution in [0.2, 0.25) is 0 Å². The van der Waals surface area contributed by atoms with Gasteiger partial charge in [0, 0.05) is 0 Å². The van der Waals surface area contributed by atoms with Gasteiger partial charge in [0.15, 0.2) is 0 Å². The topological polar surface area (TPSA) is 48.6 Å². The molecule has 0 saturated heterocycles. The summed E-state index contributed by atoms with van der Waals surface area (Å²) < 4.78 is 116. The molecular weight excluding hydrogens is 282 g/mol. The van der Waals surface area contributed by atoms with E-state index in [4.69, 9.17) is 0 Å². The van der Waals surface area contributed by atoms with Gasteiger partial charge < -0.3 is 5.48 Å². The molecule has 0 radical (unpaired) electrons. The summed E-state index contributed by atoms with van der Waals surface area (Å²) >= 11 is 0. The van der Waals surface area contributed by atoms with Crippen LogP contribution >= 0.6 is 0 Å². The van der Waals surface area contributed by atoms with Gasteiger partial charge >= 0.3 is 24.2 Å². The van der Waals surface area contributed by atoms with Gasteiger partial charge in [-0.1, -0.05) is 0 Å². The zero-order chi connectivity index (χ0) is 13.6. The highest BCUT2D eigenvalue weighted by Crippen LogP contribution is 2.45. The largest absolute Gasteiger partial charge is 0.461 e. The summed E-state index contributed by atoms with van der Waals surface area (Å²) in [5.74, 6) is -18.1. The molecular formula is C5H2F10O2. The molecule has 0 aliphatic carbocycles. The van der Waals surface area contributed by atoms with Gasteiger partial charge in [0.1, 0.15) is 0 Å². The van der Waals surface area contributed by atoms with Gasteiger partial charge in [0.05, 0.1) is 0 Å². The van der Waals surface area contributed by atoms with Gasteiger partial charge in [0.2, 0.25) is 0 Å². The highest BCUT2D eigenvalue weighted by Gasteiger charge is 2.76. The molecule has 2 nitrogen and oxygen atoms in total. The second-order valence-corrected chi connectivity index (χ2v) is 2.47. The maximum atomic E-state index is 11.9. The van der Waals surface area contributed by atoms with Crippen molar-refractivity contribution in [3.8, 4) is 0 Å². The lowest BCUT2D eigenvalue weighted by Crippen LogP contribution is -2.57. The highest BCUT2D eigenvalue weighted by atomic mass is 19.4. The molecule has 0 fully saturated rings. The van der Waals surface area contributed by atoms with Crippen LogP contribution in [0.5, 0.6) is 0 Å². The van der Waals surface area contributed by atoms with Crippen molar-refractivity contribution in [3.63, 3.8) is 0 Å². The van der Waals surface area contributed by atoms with Gasteiger partial charge in [-0.25, -0.2) is 0 Å². The quantitative estimate of drug-likeness (QED) is 0.716. The highest BCUT2D eigenvalue weighted by molar-refractivity contribution is 5.93. The fourth-order valence-electron chi connectivity index (χ4n) is 0.455. The zero-order valence-electron chi connectivity index (χ0n) is 7.19. The number of Topliss-reactive ketones (excluding diaryl/α,β-unsaturated/α-hetero) is 1. The van der Waals surface area contributed by atoms with Crippen LogP contribution in [0, 0.1) is 0 Å². The van der Waals surface area contributed by atoms with Gasteiger partial charge in [-0.2, -0.15) is 43.9 Å². The van der Waals surface area contributed by atoms with E-state index in [-0.39, 0.29) is 5.48 Å². The molecule has 0 bridgehead atoms. The third-order valence-corrected chi connectivity index (χ3v) is 1.28. The van der Waals surface area contributed by atoms with Crippen molar-refractivity contribution < 1.29 is 54.2 Å². The van der Waals surface area contributed by atoms with Crippen molar-refractivity contribution in [1.29, 1.82) is 0 Å². The molecule has 0 saturated carbocycles. The van der Waals surface area contributed by atoms with Crippen LogP contribution < -0.4 is 0 Å². The van der Waals surface area contributed by atoms with E-state index in [9.17, 15) is 48.7 Å². The molecule has 0 unspecified atom stereocenters. The average molecular weight is 284 g/mol. The Balaban J connectivity index is 0. The van der Waals surface area contributed by atoms with Crippen LogP contribution in [0.25, 0.3) is 0 Å². The van der Waals surface area contributed by atoms with E-state index in [1.807, 2.05) is 0 Å². The standard InChI is InChI=1S/C5F10O.H2O/c6-2(7,4(10,11)12)1(16)3(8,9)5(13,14)15;/h;1H2. The number of carbonyl (C=O) groups excluding carboxylic acids is 1. The molecule has 0 spiro atoms. The lowest BCUT2D eigenvalue weighted by molar-refractivity contribution is -0.307. The van der Waals surface area contributed by atoms with E-state index in [2.05, 4.69) is 0 Å². The Morgan fingerprint density at radius 2 is 0.765 bits per heavy atom. The van der Waals surface area contributed by atoms with Crippen LogP contribution in [-0.2, 0) is 4.79 Å². The van der Waals surface area contributed by atoms with Crippen LogP contribution in [-0.4, -0.2) is 35.5 Å². The average Bonchev–Trinajstić information content (AvgIpc) is 1.98. The van der Waals surface area contributed by atoms with Crippen LogP contribution in [0.4, 0.5) is 43.9 Å². The molecule has 0 aliphatic heterocycles. The molecule has 17 heavy (non-hydrogen) atoms. The molecule has 0 rings (SSSR count). The van der Waals surface area contributed by atoms with Crippen LogP contribution in [0.15, 0.2) is 0 Å². The summed E-state index contributed by atoms with van der Waals surface area (Å²) in [4.78, 5) is 9.84. The van der Waals surface area contributed by atoms with Crippen molar-refractivity contribution in [3.05, 3.63) is 0 Å². The fourth-order valence-corrected chi connectivity index (χ4v) is 0.455. The van der Waals surface area contributed by atoms with Crippen molar-refractivity contribution in [2.75, 3.05) is 0 Å². The van der Waals surface area contributed by atoms with Crippen molar-refractivity contribution in [1.82, 2.24) is 0 Å². The summed E-state index contributed by atoms with van der Waals surface area (Å²) in [7, 11) is 0. The maximum absolute atomic E-state index is 11.9. The molecule has 0 heterocycles. The Bertz CT molecular complexity index is 258. The molecule has 0 amide bonds. The molecule has 0 atom stereocenters. The first-order valence-electron chi connectivity index (χ1n) is 3.09. The Morgan fingerprint density at radius 1 is 0.588 bits per heavy atom. The minimum absolute atomic E-state index is 0. The summed E-state index contributed by atoms with van der Waals surface area (Å²) in [6.07, 6.45) is -13.6. The Kier molecular flexibility index (Phi) is 4.64. The van der Waals surface area contributed by atoms with Crippen molar-refractivity contribution in [2.24, 2.45) is 0 Å². The van der Waals surface area contributed by atoms with Crippen LogP contribution in [0.1, 0.15) is 0 Å². The molecule has 0 aliphatic rings. The van der Waals surface area contributed by atoms with E-state index < -0.39 is 30.0 Å².